The van der Waals surface area contributed by atoms with Crippen molar-refractivity contribution in [3.05, 3.63) is 109 Å². The molecule has 4 rings (SSSR count). The lowest BCUT2D eigenvalue weighted by Gasteiger charge is -2.07. The Labute approximate surface area is 191 Å². The summed E-state index contributed by atoms with van der Waals surface area (Å²) in [6, 6.07) is 20.7. The summed E-state index contributed by atoms with van der Waals surface area (Å²) in [5.41, 5.74) is 2.53. The van der Waals surface area contributed by atoms with Gasteiger partial charge in [-0.2, -0.15) is 0 Å². The molecule has 1 aliphatic rings. The Morgan fingerprint density at radius 3 is 2.45 bits per heavy atom. The highest BCUT2D eigenvalue weighted by Gasteiger charge is 2.43. The van der Waals surface area contributed by atoms with E-state index in [0.717, 1.165) is 22.0 Å². The van der Waals surface area contributed by atoms with E-state index in [2.05, 4.69) is 21.1 Å². The third kappa shape index (κ3) is 5.00. The van der Waals surface area contributed by atoms with E-state index >= 15 is 0 Å². The number of hydrogen-bond acceptors (Lipinski definition) is 5. The number of rotatable bonds is 6. The van der Waals surface area contributed by atoms with Crippen molar-refractivity contribution in [3.63, 3.8) is 0 Å². The van der Waals surface area contributed by atoms with Crippen LogP contribution in [0.15, 0.2) is 82.4 Å². The Balaban J connectivity index is 1.59. The standard InChI is InChI=1S/C23H16BrClN2O4/c24-17-8-4-15(5-9-17)22(21-13-20(21)14-6-10-18(25)11-7-14)26-31-23(28)16-2-1-3-19(12-16)27(29)30/h1-12,20-21H,13H2/b26-22-/t20-,21-/m1/s1. The molecule has 2 atom stereocenters. The molecule has 0 spiro atoms. The van der Waals surface area contributed by atoms with Crippen LogP contribution in [0.25, 0.3) is 0 Å². The summed E-state index contributed by atoms with van der Waals surface area (Å²) in [6.45, 7) is 0. The van der Waals surface area contributed by atoms with Gasteiger partial charge in [0.15, 0.2) is 0 Å². The average molecular weight is 500 g/mol. The molecule has 0 unspecified atom stereocenters. The van der Waals surface area contributed by atoms with Gasteiger partial charge >= 0.3 is 5.97 Å². The van der Waals surface area contributed by atoms with Gasteiger partial charge in [0.25, 0.3) is 5.69 Å². The maximum atomic E-state index is 12.5. The highest BCUT2D eigenvalue weighted by molar-refractivity contribution is 9.10. The molecular formula is C23H16BrClN2O4. The minimum absolute atomic E-state index is 0.0677. The lowest BCUT2D eigenvalue weighted by atomic mass is 10.0. The molecule has 1 saturated carbocycles. The largest absolute Gasteiger partial charge is 0.365 e. The number of hydrogen-bond donors (Lipinski definition) is 0. The van der Waals surface area contributed by atoms with Gasteiger partial charge < -0.3 is 4.84 Å². The molecule has 0 aromatic heterocycles. The first kappa shape index (κ1) is 21.2. The number of nitro groups is 1. The number of halogens is 2. The molecule has 156 valence electrons. The second kappa shape index (κ2) is 8.99. The van der Waals surface area contributed by atoms with Crippen LogP contribution in [0.4, 0.5) is 5.69 Å². The Morgan fingerprint density at radius 2 is 1.77 bits per heavy atom. The minimum atomic E-state index is -0.748. The first-order valence-electron chi connectivity index (χ1n) is 9.47. The summed E-state index contributed by atoms with van der Waals surface area (Å²) in [4.78, 5) is 28.1. The van der Waals surface area contributed by atoms with E-state index in [-0.39, 0.29) is 23.1 Å². The lowest BCUT2D eigenvalue weighted by Crippen LogP contribution is -2.09. The fourth-order valence-corrected chi connectivity index (χ4v) is 3.81. The average Bonchev–Trinajstić information content (AvgIpc) is 3.56. The second-order valence-corrected chi connectivity index (χ2v) is 8.52. The van der Waals surface area contributed by atoms with E-state index in [1.165, 1.54) is 24.3 Å². The van der Waals surface area contributed by atoms with Gasteiger partial charge in [0.2, 0.25) is 0 Å². The molecule has 0 N–H and O–H groups in total. The van der Waals surface area contributed by atoms with Crippen molar-refractivity contribution in [1.29, 1.82) is 0 Å². The summed E-state index contributed by atoms with van der Waals surface area (Å²) >= 11 is 9.41. The summed E-state index contributed by atoms with van der Waals surface area (Å²) in [6.07, 6.45) is 0.866. The van der Waals surface area contributed by atoms with E-state index in [0.29, 0.717) is 10.7 Å². The maximum Gasteiger partial charge on any atom is 0.365 e. The highest BCUT2D eigenvalue weighted by Crippen LogP contribution is 2.49. The highest BCUT2D eigenvalue weighted by atomic mass is 79.9. The van der Waals surface area contributed by atoms with Crippen molar-refractivity contribution in [2.24, 2.45) is 11.1 Å². The van der Waals surface area contributed by atoms with Gasteiger partial charge in [-0.15, -0.1) is 0 Å². The van der Waals surface area contributed by atoms with Crippen molar-refractivity contribution in [3.8, 4) is 0 Å². The van der Waals surface area contributed by atoms with Crippen LogP contribution in [0.3, 0.4) is 0 Å². The normalized spacial score (nSPS) is 17.8. The van der Waals surface area contributed by atoms with Gasteiger partial charge in [-0.1, -0.05) is 63.0 Å². The number of benzene rings is 3. The van der Waals surface area contributed by atoms with E-state index < -0.39 is 10.9 Å². The van der Waals surface area contributed by atoms with Crippen LogP contribution in [-0.2, 0) is 4.84 Å². The smallest absolute Gasteiger partial charge is 0.313 e. The number of carbonyl (C=O) groups is 1. The zero-order valence-electron chi connectivity index (χ0n) is 16.1. The first-order chi connectivity index (χ1) is 14.9. The monoisotopic (exact) mass is 498 g/mol. The van der Waals surface area contributed by atoms with Crippen LogP contribution in [0, 0.1) is 16.0 Å². The quantitative estimate of drug-likeness (QED) is 0.171. The molecule has 0 aliphatic heterocycles. The Hall–Kier alpha value is -3.03. The Kier molecular flexibility index (Phi) is 6.15. The van der Waals surface area contributed by atoms with Gasteiger partial charge in [-0.05, 0) is 53.8 Å². The van der Waals surface area contributed by atoms with E-state index in [1.54, 1.807) is 0 Å². The van der Waals surface area contributed by atoms with E-state index in [9.17, 15) is 14.9 Å². The third-order valence-corrected chi connectivity index (χ3v) is 5.88. The first-order valence-corrected chi connectivity index (χ1v) is 10.6. The molecule has 0 amide bonds. The molecule has 3 aromatic rings. The molecule has 1 aliphatic carbocycles. The van der Waals surface area contributed by atoms with Crippen LogP contribution >= 0.6 is 27.5 Å². The zero-order chi connectivity index (χ0) is 22.0. The molecule has 1 fully saturated rings. The minimum Gasteiger partial charge on any atom is -0.313 e. The topological polar surface area (TPSA) is 81.8 Å². The Morgan fingerprint density at radius 1 is 1.06 bits per heavy atom. The number of nitrogens with zero attached hydrogens (tertiary/aromatic N) is 2. The zero-order valence-corrected chi connectivity index (χ0v) is 18.4. The van der Waals surface area contributed by atoms with Gasteiger partial charge in [0.1, 0.15) is 0 Å². The van der Waals surface area contributed by atoms with Crippen LogP contribution in [-0.4, -0.2) is 16.6 Å². The number of carbonyl (C=O) groups excluding carboxylic acids is 1. The van der Waals surface area contributed by atoms with E-state index in [1.807, 2.05) is 48.5 Å². The second-order valence-electron chi connectivity index (χ2n) is 7.17. The number of nitro benzene ring substituents is 1. The molecule has 3 aromatic carbocycles. The predicted octanol–water partition coefficient (Wildman–Crippen LogP) is 6.38. The molecule has 6 nitrogen and oxygen atoms in total. The van der Waals surface area contributed by atoms with Crippen molar-refractivity contribution in [2.45, 2.75) is 12.3 Å². The molecule has 0 bridgehead atoms. The molecule has 31 heavy (non-hydrogen) atoms. The number of non-ortho nitro benzene ring substituents is 1. The van der Waals surface area contributed by atoms with Crippen LogP contribution < -0.4 is 0 Å². The summed E-state index contributed by atoms with van der Waals surface area (Å²) in [5, 5.41) is 15.8. The molecule has 0 saturated heterocycles. The molecule has 0 heterocycles. The van der Waals surface area contributed by atoms with Crippen molar-refractivity contribution in [1.82, 2.24) is 0 Å². The summed E-state index contributed by atoms with van der Waals surface area (Å²) < 4.78 is 0.925. The molecular weight excluding hydrogens is 484 g/mol. The fourth-order valence-electron chi connectivity index (χ4n) is 3.42. The van der Waals surface area contributed by atoms with Crippen molar-refractivity contribution >= 4 is 44.9 Å². The molecule has 0 radical (unpaired) electrons. The van der Waals surface area contributed by atoms with Gasteiger partial charge in [-0.25, -0.2) is 4.79 Å². The van der Waals surface area contributed by atoms with Gasteiger partial charge in [0, 0.05) is 27.5 Å². The lowest BCUT2D eigenvalue weighted by molar-refractivity contribution is -0.384. The van der Waals surface area contributed by atoms with Crippen LogP contribution in [0.2, 0.25) is 5.02 Å². The fraction of sp³-hybridized carbons (Fsp3) is 0.130. The maximum absolute atomic E-state index is 12.5. The van der Waals surface area contributed by atoms with Crippen molar-refractivity contribution in [2.75, 3.05) is 0 Å². The summed E-state index contributed by atoms with van der Waals surface area (Å²) in [7, 11) is 0. The van der Waals surface area contributed by atoms with Gasteiger partial charge in [-0.3, -0.25) is 10.1 Å². The predicted molar refractivity (Wildman–Crippen MR) is 121 cm³/mol. The van der Waals surface area contributed by atoms with Gasteiger partial charge in [0.05, 0.1) is 16.2 Å². The van der Waals surface area contributed by atoms with Crippen LogP contribution in [0.1, 0.15) is 33.8 Å². The molecule has 8 heteroatoms. The van der Waals surface area contributed by atoms with Crippen LogP contribution in [0.5, 0.6) is 0 Å². The Bertz CT molecular complexity index is 1160. The third-order valence-electron chi connectivity index (χ3n) is 5.10. The number of oxime groups is 1. The SMILES string of the molecule is O=C(O/N=C(/c1ccc(Br)cc1)[C@@H]1C[C@@H]1c1ccc(Cl)cc1)c1cccc([N+](=O)[O-])c1. The summed E-state index contributed by atoms with van der Waals surface area (Å²) in [5.74, 6) is -0.418. The van der Waals surface area contributed by atoms with Crippen molar-refractivity contribution < 1.29 is 14.6 Å². The van der Waals surface area contributed by atoms with E-state index in [4.69, 9.17) is 16.4 Å².